The average Bonchev–Trinajstić information content (AvgIpc) is 3.32. The molecule has 1 aromatic carbocycles. The molecule has 6 rings (SSSR count). The number of hydrogen-bond donors (Lipinski definition) is 0. The van der Waals surface area contributed by atoms with Gasteiger partial charge < -0.3 is 0 Å². The molecule has 3 heteroatoms. The van der Waals surface area contributed by atoms with E-state index in [0.29, 0.717) is 23.7 Å². The normalized spacial score (nSPS) is 40.9. The van der Waals surface area contributed by atoms with E-state index in [-0.39, 0.29) is 23.7 Å². The van der Waals surface area contributed by atoms with Gasteiger partial charge in [-0.15, -0.1) is 0 Å². The van der Waals surface area contributed by atoms with Gasteiger partial charge in [0.05, 0.1) is 17.5 Å². The molecule has 4 aliphatic carbocycles. The highest BCUT2D eigenvalue weighted by Crippen LogP contribution is 2.65. The van der Waals surface area contributed by atoms with Gasteiger partial charge in [0, 0.05) is 0 Å². The van der Waals surface area contributed by atoms with Gasteiger partial charge in [0.25, 0.3) is 0 Å². The Morgan fingerprint density at radius 3 is 2.18 bits per heavy atom. The van der Waals surface area contributed by atoms with Crippen LogP contribution in [0.5, 0.6) is 0 Å². The minimum Gasteiger partial charge on any atom is -0.274 e. The molecule has 3 fully saturated rings. The number of rotatable bonds is 2. The summed E-state index contributed by atoms with van der Waals surface area (Å²) in [6.07, 6.45) is 6.49. The van der Waals surface area contributed by atoms with Crippen LogP contribution in [0.2, 0.25) is 0 Å². The van der Waals surface area contributed by atoms with Crippen LogP contribution in [-0.2, 0) is 16.0 Å². The van der Waals surface area contributed by atoms with Gasteiger partial charge in [-0.2, -0.15) is 0 Å². The molecule has 3 nitrogen and oxygen atoms in total. The van der Waals surface area contributed by atoms with Crippen LogP contribution in [0.4, 0.5) is 5.69 Å². The molecule has 5 aliphatic rings. The number of allylic oxidation sites excluding steroid dienone is 2. The van der Waals surface area contributed by atoms with Crippen molar-refractivity contribution < 1.29 is 9.59 Å². The summed E-state index contributed by atoms with van der Waals surface area (Å²) in [5.41, 5.74) is 1.88. The number of benzene rings is 1. The smallest absolute Gasteiger partial charge is 0.238 e. The predicted molar refractivity (Wildman–Crippen MR) is 83.0 cm³/mol. The highest BCUT2D eigenvalue weighted by molar-refractivity contribution is 6.23. The third-order valence-electron chi connectivity index (χ3n) is 6.28. The fourth-order valence-corrected chi connectivity index (χ4v) is 5.22. The van der Waals surface area contributed by atoms with Crippen molar-refractivity contribution >= 4 is 17.5 Å². The molecule has 112 valence electrons. The first-order valence-electron chi connectivity index (χ1n) is 8.36. The number of amides is 2. The number of nitrogens with zero attached hydrogens (tertiary/aromatic N) is 1. The Morgan fingerprint density at radius 2 is 1.59 bits per heavy atom. The monoisotopic (exact) mass is 293 g/mol. The zero-order chi connectivity index (χ0) is 15.0. The summed E-state index contributed by atoms with van der Waals surface area (Å²) in [5, 5.41) is 0. The van der Waals surface area contributed by atoms with Crippen LogP contribution in [-0.4, -0.2) is 11.8 Å². The minimum absolute atomic E-state index is 0.0422. The standard InChI is InChI=1S/C19H19NO2/c1-2-10-5-3-4-6-15(10)20-18(21)16-11-7-8-12(14-9-13(11)14)17(16)19(20)22/h3-8,11-14,16-17H,2,9H2,1H3/t11-,12-,13-,14-,16-,17+/m0/s1. The highest BCUT2D eigenvalue weighted by atomic mass is 16.2. The van der Waals surface area contributed by atoms with Gasteiger partial charge in [0.15, 0.2) is 0 Å². The zero-order valence-electron chi connectivity index (χ0n) is 12.6. The molecular formula is C19H19NO2. The topological polar surface area (TPSA) is 37.4 Å². The van der Waals surface area contributed by atoms with Crippen LogP contribution in [0.15, 0.2) is 36.4 Å². The SMILES string of the molecule is CCc1ccccc1N1C(=O)[C@@H]2[C@H]3C=C[C@@H]([C@@H]4C[C@@H]34)[C@@H]2C1=O. The van der Waals surface area contributed by atoms with Crippen LogP contribution in [0.3, 0.4) is 0 Å². The number of aryl methyl sites for hydroxylation is 1. The molecule has 1 saturated heterocycles. The molecule has 2 bridgehead atoms. The summed E-state index contributed by atoms with van der Waals surface area (Å²) in [4.78, 5) is 27.6. The van der Waals surface area contributed by atoms with Gasteiger partial charge in [-0.3, -0.25) is 9.59 Å². The second kappa shape index (κ2) is 4.09. The molecule has 2 saturated carbocycles. The van der Waals surface area contributed by atoms with Crippen molar-refractivity contribution in [1.29, 1.82) is 0 Å². The van der Waals surface area contributed by atoms with E-state index in [1.165, 1.54) is 11.3 Å². The lowest BCUT2D eigenvalue weighted by Gasteiger charge is -2.37. The first-order chi connectivity index (χ1) is 10.7. The lowest BCUT2D eigenvalue weighted by Crippen LogP contribution is -2.40. The van der Waals surface area contributed by atoms with E-state index in [9.17, 15) is 9.59 Å². The molecule has 0 spiro atoms. The second-order valence-corrected chi connectivity index (χ2v) is 7.15. The van der Waals surface area contributed by atoms with Crippen LogP contribution in [0.1, 0.15) is 18.9 Å². The van der Waals surface area contributed by atoms with E-state index >= 15 is 0 Å². The second-order valence-electron chi connectivity index (χ2n) is 7.15. The summed E-state index contributed by atoms with van der Waals surface area (Å²) >= 11 is 0. The van der Waals surface area contributed by atoms with Crippen LogP contribution in [0, 0.1) is 35.5 Å². The Kier molecular flexibility index (Phi) is 2.35. The van der Waals surface area contributed by atoms with Crippen molar-refractivity contribution in [2.24, 2.45) is 35.5 Å². The number of carbonyl (C=O) groups is 2. The number of carbonyl (C=O) groups excluding carboxylic acids is 2. The molecule has 6 atom stereocenters. The summed E-state index contributed by atoms with van der Waals surface area (Å²) in [5.74, 6) is 1.81. The first kappa shape index (κ1) is 12.6. The van der Waals surface area contributed by atoms with Crippen molar-refractivity contribution in [3.8, 4) is 0 Å². The Balaban J connectivity index is 1.60. The van der Waals surface area contributed by atoms with Gasteiger partial charge in [-0.1, -0.05) is 37.3 Å². The van der Waals surface area contributed by atoms with Crippen molar-refractivity contribution in [3.05, 3.63) is 42.0 Å². The van der Waals surface area contributed by atoms with Crippen molar-refractivity contribution in [2.45, 2.75) is 19.8 Å². The van der Waals surface area contributed by atoms with Gasteiger partial charge in [0.2, 0.25) is 11.8 Å². The Labute approximate surface area is 130 Å². The van der Waals surface area contributed by atoms with Crippen LogP contribution < -0.4 is 4.90 Å². The maximum Gasteiger partial charge on any atom is 0.238 e. The average molecular weight is 293 g/mol. The van der Waals surface area contributed by atoms with E-state index < -0.39 is 0 Å². The number of imide groups is 1. The number of hydrogen-bond acceptors (Lipinski definition) is 2. The molecule has 1 aromatic rings. The third kappa shape index (κ3) is 1.37. The van der Waals surface area contributed by atoms with Gasteiger partial charge in [-0.05, 0) is 48.1 Å². The lowest BCUT2D eigenvalue weighted by atomic mass is 9.63. The maximum absolute atomic E-state index is 13.0. The van der Waals surface area contributed by atoms with E-state index in [1.807, 2.05) is 24.3 Å². The molecule has 22 heavy (non-hydrogen) atoms. The van der Waals surface area contributed by atoms with Crippen molar-refractivity contribution in [3.63, 3.8) is 0 Å². The summed E-state index contributed by atoms with van der Waals surface area (Å²) in [6, 6.07) is 7.83. The Bertz CT molecular complexity index is 686. The molecule has 0 N–H and O–H groups in total. The summed E-state index contributed by atoms with van der Waals surface area (Å²) in [7, 11) is 0. The van der Waals surface area contributed by atoms with E-state index in [4.69, 9.17) is 0 Å². The van der Waals surface area contributed by atoms with Crippen molar-refractivity contribution in [1.82, 2.24) is 0 Å². The van der Waals surface area contributed by atoms with Gasteiger partial charge in [-0.25, -0.2) is 4.90 Å². The van der Waals surface area contributed by atoms with E-state index in [1.54, 1.807) is 0 Å². The lowest BCUT2D eigenvalue weighted by molar-refractivity contribution is -0.124. The van der Waals surface area contributed by atoms with Gasteiger partial charge in [0.1, 0.15) is 0 Å². The molecule has 0 unspecified atom stereocenters. The number of anilines is 1. The minimum atomic E-state index is -0.101. The number of para-hydroxylation sites is 1. The Morgan fingerprint density at radius 1 is 1.00 bits per heavy atom. The third-order valence-corrected chi connectivity index (χ3v) is 6.28. The van der Waals surface area contributed by atoms with E-state index in [0.717, 1.165) is 17.7 Å². The zero-order valence-corrected chi connectivity index (χ0v) is 12.6. The molecule has 1 heterocycles. The largest absolute Gasteiger partial charge is 0.274 e. The molecule has 1 aliphatic heterocycles. The predicted octanol–water partition coefficient (Wildman–Crippen LogP) is 2.81. The molecule has 0 radical (unpaired) electrons. The summed E-state index contributed by atoms with van der Waals surface area (Å²) < 4.78 is 0. The fraction of sp³-hybridized carbons (Fsp3) is 0.474. The van der Waals surface area contributed by atoms with E-state index in [2.05, 4.69) is 19.1 Å². The molecule has 0 aromatic heterocycles. The van der Waals surface area contributed by atoms with Crippen LogP contribution >= 0.6 is 0 Å². The molecule has 2 amide bonds. The maximum atomic E-state index is 13.0. The van der Waals surface area contributed by atoms with Crippen molar-refractivity contribution in [2.75, 3.05) is 4.90 Å². The quantitative estimate of drug-likeness (QED) is 0.621. The highest BCUT2D eigenvalue weighted by Gasteiger charge is 2.67. The van der Waals surface area contributed by atoms with Gasteiger partial charge >= 0.3 is 0 Å². The van der Waals surface area contributed by atoms with Crippen LogP contribution in [0.25, 0.3) is 0 Å². The summed E-state index contributed by atoms with van der Waals surface area (Å²) in [6.45, 7) is 2.07. The first-order valence-corrected chi connectivity index (χ1v) is 8.36. The fourth-order valence-electron chi connectivity index (χ4n) is 5.22. The molecular weight excluding hydrogens is 274 g/mol. The Hall–Kier alpha value is -1.90.